The molecule has 0 spiro atoms. The molecule has 2 heteroatoms. The molecule has 1 aromatic rings. The Morgan fingerprint density at radius 3 is 2.16 bits per heavy atom. The number of benzene rings is 1. The van der Waals surface area contributed by atoms with Crippen LogP contribution in [-0.4, -0.2) is 12.5 Å². The lowest BCUT2D eigenvalue weighted by Gasteiger charge is -2.29. The van der Waals surface area contributed by atoms with Crippen LogP contribution in [0.5, 0.6) is 0 Å². The summed E-state index contributed by atoms with van der Waals surface area (Å²) in [5, 5.41) is 0. The molecule has 1 heterocycles. The Kier molecular flexibility index (Phi) is 9.69. The summed E-state index contributed by atoms with van der Waals surface area (Å²) in [6.07, 6.45) is 17.6. The van der Waals surface area contributed by atoms with E-state index in [1.807, 2.05) is 11.0 Å². The minimum absolute atomic E-state index is 0.322. The predicted octanol–water partition coefficient (Wildman–Crippen LogP) is 6.67. The van der Waals surface area contributed by atoms with Gasteiger partial charge < -0.3 is 4.90 Å². The van der Waals surface area contributed by atoms with Crippen LogP contribution in [0.25, 0.3) is 0 Å². The van der Waals surface area contributed by atoms with Crippen LogP contribution < -0.4 is 4.90 Å². The molecule has 0 saturated carbocycles. The van der Waals surface area contributed by atoms with Gasteiger partial charge in [-0.15, -0.1) is 0 Å². The van der Waals surface area contributed by atoms with E-state index in [2.05, 4.69) is 25.1 Å². The van der Waals surface area contributed by atoms with Crippen molar-refractivity contribution in [3.8, 4) is 0 Å². The van der Waals surface area contributed by atoms with Crippen LogP contribution in [0.4, 0.5) is 5.69 Å². The maximum absolute atomic E-state index is 12.5. The van der Waals surface area contributed by atoms with Gasteiger partial charge in [0.05, 0.1) is 0 Å². The fourth-order valence-electron chi connectivity index (χ4n) is 3.87. The summed E-state index contributed by atoms with van der Waals surface area (Å²) in [6, 6.07) is 8.40. The summed E-state index contributed by atoms with van der Waals surface area (Å²) in [5.74, 6) is 0.322. The average Bonchev–Trinajstić information content (AvgIpc) is 2.65. The van der Waals surface area contributed by atoms with Crippen LogP contribution in [0, 0.1) is 0 Å². The van der Waals surface area contributed by atoms with Gasteiger partial charge in [-0.05, 0) is 30.9 Å². The Morgan fingerprint density at radius 1 is 0.880 bits per heavy atom. The van der Waals surface area contributed by atoms with E-state index in [9.17, 15) is 4.79 Å². The minimum Gasteiger partial charge on any atom is -0.312 e. The van der Waals surface area contributed by atoms with Gasteiger partial charge in [0, 0.05) is 18.7 Å². The number of hydrogen-bond donors (Lipinski definition) is 0. The van der Waals surface area contributed by atoms with Crippen LogP contribution in [0.15, 0.2) is 24.3 Å². The number of para-hydroxylation sites is 1. The Labute approximate surface area is 155 Å². The number of aryl methyl sites for hydroxylation is 1. The lowest BCUT2D eigenvalue weighted by Crippen LogP contribution is -2.35. The molecule has 0 aliphatic carbocycles. The first-order chi connectivity index (χ1) is 12.3. The van der Waals surface area contributed by atoms with Crippen LogP contribution in [0.2, 0.25) is 0 Å². The average molecular weight is 344 g/mol. The molecule has 0 bridgehead atoms. The standard InChI is InChI=1S/C23H37NO/c1-2-3-4-5-6-7-8-9-10-11-12-19-23(25)24-20-15-17-21-16-13-14-18-22(21)24/h13-14,16,18H,2-12,15,17,19-20H2,1H3. The first-order valence-corrected chi connectivity index (χ1v) is 10.7. The molecule has 2 rings (SSSR count). The molecule has 0 saturated heterocycles. The number of fused-ring (bicyclic) bond motifs is 1. The lowest BCUT2D eigenvalue weighted by atomic mass is 10.0. The third kappa shape index (κ3) is 7.22. The second-order valence-corrected chi connectivity index (χ2v) is 7.56. The zero-order valence-corrected chi connectivity index (χ0v) is 16.3. The van der Waals surface area contributed by atoms with Crippen molar-refractivity contribution in [2.24, 2.45) is 0 Å². The van der Waals surface area contributed by atoms with Gasteiger partial charge in [-0.25, -0.2) is 0 Å². The number of unbranched alkanes of at least 4 members (excludes halogenated alkanes) is 10. The molecular formula is C23H37NO. The van der Waals surface area contributed by atoms with E-state index in [4.69, 9.17) is 0 Å². The second-order valence-electron chi connectivity index (χ2n) is 7.56. The summed E-state index contributed by atoms with van der Waals surface area (Å²) in [7, 11) is 0. The monoisotopic (exact) mass is 343 g/mol. The fraction of sp³-hybridized carbons (Fsp3) is 0.696. The van der Waals surface area contributed by atoms with Crippen molar-refractivity contribution < 1.29 is 4.79 Å². The number of carbonyl (C=O) groups is 1. The third-order valence-electron chi connectivity index (χ3n) is 5.41. The lowest BCUT2D eigenvalue weighted by molar-refractivity contribution is -0.118. The molecule has 1 amide bonds. The molecule has 1 aromatic carbocycles. The van der Waals surface area contributed by atoms with Gasteiger partial charge in [-0.2, -0.15) is 0 Å². The summed E-state index contributed by atoms with van der Waals surface area (Å²) in [5.41, 5.74) is 2.49. The molecule has 0 fully saturated rings. The molecule has 0 aromatic heterocycles. The van der Waals surface area contributed by atoms with Crippen LogP contribution in [0.3, 0.4) is 0 Å². The van der Waals surface area contributed by atoms with E-state index in [1.165, 1.54) is 69.8 Å². The largest absolute Gasteiger partial charge is 0.312 e. The van der Waals surface area contributed by atoms with E-state index in [1.54, 1.807) is 0 Å². The SMILES string of the molecule is CCCCCCCCCCCCCC(=O)N1CCCc2ccccc21. The predicted molar refractivity (Wildman–Crippen MR) is 108 cm³/mol. The Morgan fingerprint density at radius 2 is 1.48 bits per heavy atom. The topological polar surface area (TPSA) is 20.3 Å². The van der Waals surface area contributed by atoms with E-state index in [0.717, 1.165) is 31.5 Å². The van der Waals surface area contributed by atoms with Crippen LogP contribution >= 0.6 is 0 Å². The number of rotatable bonds is 12. The van der Waals surface area contributed by atoms with Crippen LogP contribution in [-0.2, 0) is 11.2 Å². The van der Waals surface area contributed by atoms with Crippen molar-refractivity contribution in [2.75, 3.05) is 11.4 Å². The van der Waals surface area contributed by atoms with Gasteiger partial charge in [0.1, 0.15) is 0 Å². The van der Waals surface area contributed by atoms with E-state index < -0.39 is 0 Å². The van der Waals surface area contributed by atoms with Gasteiger partial charge in [0.25, 0.3) is 0 Å². The molecule has 1 aliphatic heterocycles. The highest BCUT2D eigenvalue weighted by Gasteiger charge is 2.21. The van der Waals surface area contributed by atoms with Crippen molar-refractivity contribution in [1.29, 1.82) is 0 Å². The number of hydrogen-bond acceptors (Lipinski definition) is 1. The number of nitrogens with zero attached hydrogens (tertiary/aromatic N) is 1. The van der Waals surface area contributed by atoms with E-state index >= 15 is 0 Å². The highest BCUT2D eigenvalue weighted by Crippen LogP contribution is 2.27. The minimum atomic E-state index is 0.322. The first-order valence-electron chi connectivity index (χ1n) is 10.7. The molecule has 2 nitrogen and oxygen atoms in total. The number of carbonyl (C=O) groups excluding carboxylic acids is 1. The van der Waals surface area contributed by atoms with E-state index in [-0.39, 0.29) is 0 Å². The smallest absolute Gasteiger partial charge is 0.226 e. The summed E-state index contributed by atoms with van der Waals surface area (Å²) in [4.78, 5) is 14.6. The fourth-order valence-corrected chi connectivity index (χ4v) is 3.87. The molecule has 0 radical (unpaired) electrons. The van der Waals surface area contributed by atoms with Crippen LogP contribution in [0.1, 0.15) is 96.0 Å². The van der Waals surface area contributed by atoms with Crippen molar-refractivity contribution in [3.63, 3.8) is 0 Å². The highest BCUT2D eigenvalue weighted by atomic mass is 16.2. The second kappa shape index (κ2) is 12.1. The van der Waals surface area contributed by atoms with Gasteiger partial charge in [0.2, 0.25) is 5.91 Å². The zero-order chi connectivity index (χ0) is 17.7. The summed E-state index contributed by atoms with van der Waals surface area (Å²) < 4.78 is 0. The summed E-state index contributed by atoms with van der Waals surface area (Å²) in [6.45, 7) is 3.17. The van der Waals surface area contributed by atoms with Crippen molar-refractivity contribution in [1.82, 2.24) is 0 Å². The molecular weight excluding hydrogens is 306 g/mol. The maximum Gasteiger partial charge on any atom is 0.226 e. The van der Waals surface area contributed by atoms with Crippen molar-refractivity contribution >= 4 is 11.6 Å². The van der Waals surface area contributed by atoms with Crippen molar-refractivity contribution in [3.05, 3.63) is 29.8 Å². The molecule has 0 atom stereocenters. The molecule has 0 N–H and O–H groups in total. The van der Waals surface area contributed by atoms with E-state index in [0.29, 0.717) is 12.3 Å². The number of anilines is 1. The molecule has 1 aliphatic rings. The van der Waals surface area contributed by atoms with Gasteiger partial charge in [-0.1, -0.05) is 89.3 Å². The van der Waals surface area contributed by atoms with Crippen molar-refractivity contribution in [2.45, 2.75) is 96.8 Å². The van der Waals surface area contributed by atoms with Gasteiger partial charge in [0.15, 0.2) is 0 Å². The Hall–Kier alpha value is -1.31. The quantitative estimate of drug-likeness (QED) is 0.388. The molecule has 25 heavy (non-hydrogen) atoms. The van der Waals surface area contributed by atoms with Gasteiger partial charge in [-0.3, -0.25) is 4.79 Å². The molecule has 0 unspecified atom stereocenters. The maximum atomic E-state index is 12.5. The third-order valence-corrected chi connectivity index (χ3v) is 5.41. The summed E-state index contributed by atoms with van der Waals surface area (Å²) >= 11 is 0. The molecule has 140 valence electrons. The van der Waals surface area contributed by atoms with Gasteiger partial charge >= 0.3 is 0 Å². The first kappa shape index (κ1) is 20.0. The number of amides is 1. The Bertz CT molecular complexity index is 497. The normalized spacial score (nSPS) is 13.7. The zero-order valence-electron chi connectivity index (χ0n) is 16.3. The Balaban J connectivity index is 1.52. The highest BCUT2D eigenvalue weighted by molar-refractivity contribution is 5.94.